The van der Waals surface area contributed by atoms with Gasteiger partial charge in [0.2, 0.25) is 0 Å². The number of carbonyl (C=O) groups is 2. The third-order valence-corrected chi connectivity index (χ3v) is 4.68. The third-order valence-electron chi connectivity index (χ3n) is 3.78. The molecule has 0 aliphatic rings. The first-order valence-corrected chi connectivity index (χ1v) is 9.29. The molecule has 27 heavy (non-hydrogen) atoms. The minimum atomic E-state index is -0.911. The van der Waals surface area contributed by atoms with Gasteiger partial charge in [0.05, 0.1) is 23.2 Å². The van der Waals surface area contributed by atoms with E-state index in [1.165, 1.54) is 18.4 Å². The molecule has 0 atom stereocenters. The molecule has 0 bridgehead atoms. The van der Waals surface area contributed by atoms with Crippen molar-refractivity contribution in [3.05, 3.63) is 46.2 Å². The zero-order valence-corrected chi connectivity index (χ0v) is 16.8. The Morgan fingerprint density at radius 3 is 2.63 bits per heavy atom. The zero-order valence-electron chi connectivity index (χ0n) is 16.0. The van der Waals surface area contributed by atoms with E-state index in [4.69, 9.17) is 9.47 Å². The molecule has 8 heteroatoms. The van der Waals surface area contributed by atoms with Crippen LogP contribution in [0.3, 0.4) is 0 Å². The van der Waals surface area contributed by atoms with Crippen LogP contribution >= 0.6 is 11.3 Å². The molecule has 3 rings (SSSR count). The maximum absolute atomic E-state index is 13.0. The fourth-order valence-electron chi connectivity index (χ4n) is 2.80. The maximum atomic E-state index is 13.0. The summed E-state index contributed by atoms with van der Waals surface area (Å²) in [6, 6.07) is 5.56. The van der Waals surface area contributed by atoms with Crippen LogP contribution in [0.25, 0.3) is 5.65 Å². The third kappa shape index (κ3) is 3.85. The Kier molecular flexibility index (Phi) is 5.01. The maximum Gasteiger partial charge on any atom is 0.384 e. The monoisotopic (exact) mass is 388 g/mol. The summed E-state index contributed by atoms with van der Waals surface area (Å²) >= 11 is 1.54. The van der Waals surface area contributed by atoms with Gasteiger partial charge < -0.3 is 9.47 Å². The van der Waals surface area contributed by atoms with Crippen molar-refractivity contribution >= 4 is 28.7 Å². The molecule has 3 aromatic rings. The van der Waals surface area contributed by atoms with Crippen molar-refractivity contribution in [1.29, 1.82) is 0 Å². The molecule has 0 radical (unpaired) electrons. The minimum Gasteiger partial charge on any atom is -0.462 e. The van der Waals surface area contributed by atoms with E-state index < -0.39 is 17.4 Å². The molecule has 0 saturated heterocycles. The number of nitrogens with zero attached hydrogens (tertiary/aromatic N) is 3. The van der Waals surface area contributed by atoms with Gasteiger partial charge in [0.1, 0.15) is 12.1 Å². The second kappa shape index (κ2) is 7.11. The lowest BCUT2D eigenvalue weighted by molar-refractivity contribution is -0.520. The van der Waals surface area contributed by atoms with Gasteiger partial charge in [0.15, 0.2) is 0 Å². The molecule has 0 aromatic carbocycles. The highest BCUT2D eigenvalue weighted by molar-refractivity contribution is 7.11. The van der Waals surface area contributed by atoms with Crippen molar-refractivity contribution in [2.24, 2.45) is 0 Å². The molecule has 0 aliphatic heterocycles. The number of fused-ring (bicyclic) bond motifs is 1. The van der Waals surface area contributed by atoms with E-state index in [-0.39, 0.29) is 5.69 Å². The van der Waals surface area contributed by atoms with E-state index >= 15 is 0 Å². The summed E-state index contributed by atoms with van der Waals surface area (Å²) < 4.78 is 14.3. The van der Waals surface area contributed by atoms with Crippen LogP contribution in [0.2, 0.25) is 0 Å². The number of thiazole rings is 1. The van der Waals surface area contributed by atoms with Crippen LogP contribution in [0.4, 0.5) is 0 Å². The van der Waals surface area contributed by atoms with Crippen molar-refractivity contribution < 1.29 is 23.5 Å². The van der Waals surface area contributed by atoms with E-state index in [0.717, 1.165) is 15.5 Å². The topological polar surface area (TPSA) is 74.5 Å². The summed E-state index contributed by atoms with van der Waals surface area (Å²) in [5.74, 6) is -1.36. The second-order valence-electron chi connectivity index (χ2n) is 7.05. The lowest BCUT2D eigenvalue weighted by Gasteiger charge is -2.18. The summed E-state index contributed by atoms with van der Waals surface area (Å²) in [6.45, 7) is 7.48. The molecule has 0 aliphatic carbocycles. The van der Waals surface area contributed by atoms with E-state index in [9.17, 15) is 9.59 Å². The van der Waals surface area contributed by atoms with E-state index in [0.29, 0.717) is 12.4 Å². The second-order valence-corrected chi connectivity index (χ2v) is 8.37. The summed E-state index contributed by atoms with van der Waals surface area (Å²) in [5.41, 5.74) is 0.120. The molecular weight excluding hydrogens is 366 g/mol. The van der Waals surface area contributed by atoms with Gasteiger partial charge in [-0.1, -0.05) is 6.07 Å². The van der Waals surface area contributed by atoms with Crippen molar-refractivity contribution in [1.82, 2.24) is 9.55 Å². The first-order chi connectivity index (χ1) is 12.7. The molecule has 0 saturated carbocycles. The molecule has 3 heterocycles. The Morgan fingerprint density at radius 2 is 2.04 bits per heavy atom. The molecule has 0 unspecified atom stereocenters. The molecular formula is C19H22N3O4S+. The number of rotatable bonds is 5. The van der Waals surface area contributed by atoms with Gasteiger partial charge in [-0.25, -0.2) is 14.3 Å². The van der Waals surface area contributed by atoms with Crippen LogP contribution in [0.1, 0.15) is 41.1 Å². The van der Waals surface area contributed by atoms with Crippen molar-refractivity contribution in [3.8, 4) is 5.88 Å². The highest BCUT2D eigenvalue weighted by Gasteiger charge is 2.38. The Morgan fingerprint density at radius 1 is 1.30 bits per heavy atom. The standard InChI is InChI=1S/C19H22N3O4S/c1-12-20-10-13(27-12)11-22-14-8-6-7-9-21(14)17(25-5)15(22)16(23)18(24)26-19(2,3)4/h6-10H,11H2,1-5H3/q+1. The van der Waals surface area contributed by atoms with E-state index in [2.05, 4.69) is 4.98 Å². The molecule has 0 spiro atoms. The average Bonchev–Trinajstić information content (AvgIpc) is 3.14. The minimum absolute atomic E-state index is 0.156. The Hall–Kier alpha value is -2.74. The number of aromatic nitrogens is 3. The predicted octanol–water partition coefficient (Wildman–Crippen LogP) is 2.57. The van der Waals surface area contributed by atoms with Crippen LogP contribution in [-0.2, 0) is 16.1 Å². The van der Waals surface area contributed by atoms with Crippen molar-refractivity contribution in [2.45, 2.75) is 39.8 Å². The molecule has 142 valence electrons. The predicted molar refractivity (Wildman–Crippen MR) is 100 cm³/mol. The normalized spacial score (nSPS) is 11.6. The molecule has 0 amide bonds. The van der Waals surface area contributed by atoms with Crippen molar-refractivity contribution in [3.63, 3.8) is 0 Å². The smallest absolute Gasteiger partial charge is 0.384 e. The van der Waals surface area contributed by atoms with E-state index in [1.807, 2.05) is 25.1 Å². The zero-order chi connectivity index (χ0) is 19.8. The number of carbonyl (C=O) groups excluding carboxylic acids is 2. The number of ether oxygens (including phenoxy) is 2. The number of pyridine rings is 1. The van der Waals surface area contributed by atoms with Gasteiger partial charge in [0, 0.05) is 12.3 Å². The van der Waals surface area contributed by atoms with Gasteiger partial charge in [-0.3, -0.25) is 4.79 Å². The van der Waals surface area contributed by atoms with E-state index in [1.54, 1.807) is 42.1 Å². The average molecular weight is 388 g/mol. The molecule has 0 N–H and O–H groups in total. The molecule has 7 nitrogen and oxygen atoms in total. The van der Waals surface area contributed by atoms with Crippen LogP contribution < -0.4 is 9.14 Å². The Balaban J connectivity index is 2.15. The number of ketones is 1. The van der Waals surface area contributed by atoms with Gasteiger partial charge in [0.25, 0.3) is 11.3 Å². The number of hydrogen-bond donors (Lipinski definition) is 0. The van der Waals surface area contributed by atoms with Crippen LogP contribution in [-0.4, -0.2) is 34.0 Å². The summed E-state index contributed by atoms with van der Waals surface area (Å²) in [5, 5.41) is 0.932. The highest BCUT2D eigenvalue weighted by Crippen LogP contribution is 2.23. The lowest BCUT2D eigenvalue weighted by Crippen LogP contribution is -2.30. The van der Waals surface area contributed by atoms with Crippen LogP contribution in [0, 0.1) is 6.92 Å². The Bertz CT molecular complexity index is 1010. The summed E-state index contributed by atoms with van der Waals surface area (Å²) in [6.07, 6.45) is 3.56. The summed E-state index contributed by atoms with van der Waals surface area (Å²) in [7, 11) is 1.47. The first-order valence-electron chi connectivity index (χ1n) is 8.47. The molecule has 3 aromatic heterocycles. The van der Waals surface area contributed by atoms with Gasteiger partial charge >= 0.3 is 17.6 Å². The van der Waals surface area contributed by atoms with Gasteiger partial charge in [-0.15, -0.1) is 11.3 Å². The van der Waals surface area contributed by atoms with Crippen molar-refractivity contribution in [2.75, 3.05) is 7.11 Å². The summed E-state index contributed by atoms with van der Waals surface area (Å²) in [4.78, 5) is 30.7. The number of aryl methyl sites for hydroxylation is 1. The Labute approximate surface area is 161 Å². The fraction of sp³-hybridized carbons (Fsp3) is 0.368. The number of imidazole rings is 1. The SMILES string of the molecule is COc1c(C(=O)C(=O)OC(C)(C)C)n(Cc2cnc(C)s2)c2cccc[n+]12. The largest absolute Gasteiger partial charge is 0.462 e. The van der Waals surface area contributed by atoms with Crippen LogP contribution in [0.5, 0.6) is 5.88 Å². The number of methoxy groups -OCH3 is 1. The van der Waals surface area contributed by atoms with Crippen LogP contribution in [0.15, 0.2) is 30.6 Å². The molecule has 0 fully saturated rings. The fourth-order valence-corrected chi connectivity index (χ4v) is 3.58. The number of Topliss-reactive ketones (excluding diaryl/α,β-unsaturated/α-hetero) is 1. The van der Waals surface area contributed by atoms with Gasteiger partial charge in [-0.2, -0.15) is 4.40 Å². The quantitative estimate of drug-likeness (QED) is 0.291. The lowest BCUT2D eigenvalue weighted by atomic mass is 10.2. The van der Waals surface area contributed by atoms with Gasteiger partial charge in [-0.05, 0) is 33.8 Å². The highest BCUT2D eigenvalue weighted by atomic mass is 32.1. The number of esters is 1. The number of hydrogen-bond acceptors (Lipinski definition) is 6. The first kappa shape index (κ1) is 19.0.